The number of likely N-dealkylation sites (N-methyl/N-ethyl adjacent to an activating group) is 1. The van der Waals surface area contributed by atoms with Crippen LogP contribution in [-0.2, 0) is 0 Å². The number of nitrogens with zero attached hydrogens (tertiary/aromatic N) is 2. The summed E-state index contributed by atoms with van der Waals surface area (Å²) in [6, 6.07) is 0. The summed E-state index contributed by atoms with van der Waals surface area (Å²) in [6.45, 7) is 4.49. The van der Waals surface area contributed by atoms with Gasteiger partial charge in [0.1, 0.15) is 0 Å². The third kappa shape index (κ3) is 2.41. The van der Waals surface area contributed by atoms with Crippen LogP contribution in [0.3, 0.4) is 0 Å². The van der Waals surface area contributed by atoms with Gasteiger partial charge in [0.2, 0.25) is 0 Å². The monoisotopic (exact) mass is 225 g/mol. The molecule has 16 heavy (non-hydrogen) atoms. The topological polar surface area (TPSA) is 32.5 Å². The maximum absolute atomic E-state index is 6.06. The summed E-state index contributed by atoms with van der Waals surface area (Å²) in [6.07, 6.45) is 6.79. The van der Waals surface area contributed by atoms with Gasteiger partial charge in [-0.15, -0.1) is 0 Å². The Morgan fingerprint density at radius 3 is 2.38 bits per heavy atom. The lowest BCUT2D eigenvalue weighted by molar-refractivity contribution is 0.0326. The second-order valence-corrected chi connectivity index (χ2v) is 5.91. The van der Waals surface area contributed by atoms with E-state index in [9.17, 15) is 0 Å². The summed E-state index contributed by atoms with van der Waals surface area (Å²) < 4.78 is 0. The first-order valence-corrected chi connectivity index (χ1v) is 6.76. The molecule has 3 heteroatoms. The van der Waals surface area contributed by atoms with Gasteiger partial charge in [0.05, 0.1) is 0 Å². The van der Waals surface area contributed by atoms with Crippen LogP contribution < -0.4 is 5.73 Å². The third-order valence-electron chi connectivity index (χ3n) is 4.86. The fourth-order valence-electron chi connectivity index (χ4n) is 3.03. The zero-order valence-electron chi connectivity index (χ0n) is 10.9. The van der Waals surface area contributed by atoms with Gasteiger partial charge >= 0.3 is 0 Å². The highest BCUT2D eigenvalue weighted by Crippen LogP contribution is 2.32. The summed E-state index contributed by atoms with van der Waals surface area (Å²) in [7, 11) is 4.50. The second-order valence-electron chi connectivity index (χ2n) is 5.91. The average Bonchev–Trinajstić information content (AvgIpc) is 2.25. The Morgan fingerprint density at radius 2 is 1.94 bits per heavy atom. The van der Waals surface area contributed by atoms with Crippen molar-refractivity contribution >= 4 is 0 Å². The van der Waals surface area contributed by atoms with Crippen molar-refractivity contribution in [3.8, 4) is 0 Å². The zero-order valence-corrected chi connectivity index (χ0v) is 10.9. The molecule has 0 aromatic carbocycles. The first kappa shape index (κ1) is 12.3. The molecule has 0 spiro atoms. The Morgan fingerprint density at radius 1 is 1.31 bits per heavy atom. The Kier molecular flexibility index (Phi) is 3.88. The molecule has 0 bridgehead atoms. The van der Waals surface area contributed by atoms with E-state index in [1.165, 1.54) is 51.7 Å². The largest absolute Gasteiger partial charge is 0.329 e. The Bertz CT molecular complexity index is 217. The van der Waals surface area contributed by atoms with Crippen LogP contribution in [0.5, 0.6) is 0 Å². The van der Waals surface area contributed by atoms with Gasteiger partial charge in [0, 0.05) is 18.6 Å². The summed E-state index contributed by atoms with van der Waals surface area (Å²) >= 11 is 0. The van der Waals surface area contributed by atoms with E-state index in [4.69, 9.17) is 5.73 Å². The molecule has 3 nitrogen and oxygen atoms in total. The minimum atomic E-state index is 0.294. The van der Waals surface area contributed by atoms with Crippen LogP contribution in [0.4, 0.5) is 0 Å². The molecule has 1 saturated carbocycles. The molecule has 1 aliphatic carbocycles. The summed E-state index contributed by atoms with van der Waals surface area (Å²) in [5, 5.41) is 0. The Labute approximate surface area is 100.0 Å². The molecule has 1 heterocycles. The molecule has 0 amide bonds. The lowest BCUT2D eigenvalue weighted by Gasteiger charge is -2.48. The first-order chi connectivity index (χ1) is 7.66. The predicted octanol–water partition coefficient (Wildman–Crippen LogP) is 1.14. The first-order valence-electron chi connectivity index (χ1n) is 6.76. The number of hydrogen-bond acceptors (Lipinski definition) is 3. The van der Waals surface area contributed by atoms with Gasteiger partial charge in [-0.3, -0.25) is 4.90 Å². The fourth-order valence-corrected chi connectivity index (χ4v) is 3.03. The van der Waals surface area contributed by atoms with Crippen molar-refractivity contribution < 1.29 is 0 Å². The van der Waals surface area contributed by atoms with E-state index >= 15 is 0 Å². The summed E-state index contributed by atoms with van der Waals surface area (Å²) in [4.78, 5) is 4.99. The Hall–Kier alpha value is -0.120. The van der Waals surface area contributed by atoms with Crippen LogP contribution in [0.2, 0.25) is 0 Å². The van der Waals surface area contributed by atoms with Crippen LogP contribution in [-0.4, -0.2) is 55.6 Å². The molecular formula is C13H27N3. The van der Waals surface area contributed by atoms with E-state index in [-0.39, 0.29) is 0 Å². The van der Waals surface area contributed by atoms with E-state index in [1.807, 2.05) is 0 Å². The van der Waals surface area contributed by atoms with Crippen LogP contribution in [0, 0.1) is 5.92 Å². The second kappa shape index (κ2) is 5.03. The van der Waals surface area contributed by atoms with Crippen molar-refractivity contribution in [3.05, 3.63) is 0 Å². The highest BCUT2D eigenvalue weighted by molar-refractivity contribution is 4.95. The van der Waals surface area contributed by atoms with Crippen molar-refractivity contribution in [3.63, 3.8) is 0 Å². The minimum absolute atomic E-state index is 0.294. The third-order valence-corrected chi connectivity index (χ3v) is 4.86. The van der Waals surface area contributed by atoms with Gasteiger partial charge in [-0.25, -0.2) is 0 Å². The van der Waals surface area contributed by atoms with Gasteiger partial charge in [-0.2, -0.15) is 0 Å². The molecule has 0 atom stereocenters. The molecule has 0 aromatic rings. The molecule has 0 radical (unpaired) electrons. The number of piperidine rings is 1. The van der Waals surface area contributed by atoms with Gasteiger partial charge in [-0.05, 0) is 58.8 Å². The Balaban J connectivity index is 1.91. The van der Waals surface area contributed by atoms with E-state index < -0.39 is 0 Å². The van der Waals surface area contributed by atoms with Gasteiger partial charge in [-0.1, -0.05) is 6.42 Å². The number of nitrogens with two attached hydrogens (primary N) is 1. The number of rotatable bonds is 4. The van der Waals surface area contributed by atoms with Gasteiger partial charge in [0.15, 0.2) is 0 Å². The predicted molar refractivity (Wildman–Crippen MR) is 68.5 cm³/mol. The molecule has 2 N–H and O–H groups in total. The molecule has 2 rings (SSSR count). The van der Waals surface area contributed by atoms with Crippen LogP contribution in [0.1, 0.15) is 32.1 Å². The SMILES string of the molecule is CN1CCC(CN)(N(C)CC2CCC2)CC1. The quantitative estimate of drug-likeness (QED) is 0.779. The van der Waals surface area contributed by atoms with E-state index in [1.54, 1.807) is 0 Å². The van der Waals surface area contributed by atoms with Crippen LogP contribution in [0.25, 0.3) is 0 Å². The van der Waals surface area contributed by atoms with Crippen LogP contribution >= 0.6 is 0 Å². The molecule has 0 unspecified atom stereocenters. The average molecular weight is 225 g/mol. The minimum Gasteiger partial charge on any atom is -0.329 e. The normalized spacial score (nSPS) is 27.0. The van der Waals surface area contributed by atoms with Crippen molar-refractivity contribution in [2.75, 3.05) is 40.3 Å². The maximum atomic E-state index is 6.06. The molecule has 94 valence electrons. The standard InChI is InChI=1S/C13H27N3/c1-15-8-6-13(11-14,7-9-15)16(2)10-12-4-3-5-12/h12H,3-11,14H2,1-2H3. The molecule has 0 aromatic heterocycles. The van der Waals surface area contributed by atoms with Crippen LogP contribution in [0.15, 0.2) is 0 Å². The number of hydrogen-bond donors (Lipinski definition) is 1. The molecule has 2 fully saturated rings. The lowest BCUT2D eigenvalue weighted by atomic mass is 9.81. The molecule has 1 saturated heterocycles. The summed E-state index contributed by atoms with van der Waals surface area (Å²) in [5.41, 5.74) is 6.35. The van der Waals surface area contributed by atoms with Gasteiger partial charge in [0.25, 0.3) is 0 Å². The summed E-state index contributed by atoms with van der Waals surface area (Å²) in [5.74, 6) is 0.952. The van der Waals surface area contributed by atoms with Crippen molar-refractivity contribution in [2.24, 2.45) is 11.7 Å². The maximum Gasteiger partial charge on any atom is 0.0353 e. The molecule has 2 aliphatic rings. The lowest BCUT2D eigenvalue weighted by Crippen LogP contribution is -2.58. The van der Waals surface area contributed by atoms with Crippen molar-refractivity contribution in [1.82, 2.24) is 9.80 Å². The van der Waals surface area contributed by atoms with Gasteiger partial charge < -0.3 is 10.6 Å². The highest BCUT2D eigenvalue weighted by atomic mass is 15.2. The van der Waals surface area contributed by atoms with E-state index in [2.05, 4.69) is 23.9 Å². The number of likely N-dealkylation sites (tertiary alicyclic amines) is 1. The van der Waals surface area contributed by atoms with Crippen molar-refractivity contribution in [1.29, 1.82) is 0 Å². The fraction of sp³-hybridized carbons (Fsp3) is 1.00. The zero-order chi connectivity index (χ0) is 11.6. The molecule has 1 aliphatic heterocycles. The van der Waals surface area contributed by atoms with E-state index in [0.29, 0.717) is 5.54 Å². The van der Waals surface area contributed by atoms with Crippen molar-refractivity contribution in [2.45, 2.75) is 37.6 Å². The smallest absolute Gasteiger partial charge is 0.0353 e. The molecular weight excluding hydrogens is 198 g/mol. The highest BCUT2D eigenvalue weighted by Gasteiger charge is 2.37. The van der Waals surface area contributed by atoms with E-state index in [0.717, 1.165) is 12.5 Å².